The summed E-state index contributed by atoms with van der Waals surface area (Å²) in [6.07, 6.45) is 1.60. The minimum absolute atomic E-state index is 0.0281. The molecule has 5 nitrogen and oxygen atoms in total. The van der Waals surface area contributed by atoms with Crippen molar-refractivity contribution in [3.8, 4) is 0 Å². The number of carboxylic acid groups (broad SMARTS) is 1. The van der Waals surface area contributed by atoms with Gasteiger partial charge in [0.2, 0.25) is 5.91 Å². The highest BCUT2D eigenvalue weighted by molar-refractivity contribution is 5.83. The van der Waals surface area contributed by atoms with Crippen LogP contribution in [0.15, 0.2) is 0 Å². The van der Waals surface area contributed by atoms with Crippen molar-refractivity contribution >= 4 is 11.9 Å². The second kappa shape index (κ2) is 5.49. The van der Waals surface area contributed by atoms with Crippen LogP contribution in [0, 0.1) is 11.3 Å². The van der Waals surface area contributed by atoms with E-state index in [0.717, 1.165) is 25.9 Å². The topological polar surface area (TPSA) is 78.4 Å². The zero-order chi connectivity index (χ0) is 13.1. The summed E-state index contributed by atoms with van der Waals surface area (Å²) in [7, 11) is 0. The van der Waals surface area contributed by atoms with Crippen LogP contribution in [0.2, 0.25) is 0 Å². The number of piperidine rings is 1. The second-order valence-corrected chi connectivity index (χ2v) is 5.20. The fourth-order valence-electron chi connectivity index (χ4n) is 1.93. The molecule has 0 radical (unpaired) electrons. The molecule has 1 aliphatic heterocycles. The Kier molecular flexibility index (Phi) is 4.51. The lowest BCUT2D eigenvalue weighted by atomic mass is 9.80. The molecule has 1 heterocycles. The molecule has 1 amide bonds. The van der Waals surface area contributed by atoms with E-state index in [2.05, 4.69) is 10.6 Å². The van der Waals surface area contributed by atoms with Crippen molar-refractivity contribution in [1.82, 2.24) is 10.6 Å². The van der Waals surface area contributed by atoms with Crippen molar-refractivity contribution in [3.63, 3.8) is 0 Å². The normalized spacial score (nSPS) is 22.5. The van der Waals surface area contributed by atoms with Gasteiger partial charge >= 0.3 is 5.97 Å². The van der Waals surface area contributed by atoms with Gasteiger partial charge in [-0.05, 0) is 39.8 Å². The molecule has 2 atom stereocenters. The zero-order valence-corrected chi connectivity index (χ0v) is 10.7. The molecular formula is C12H22N2O3. The highest BCUT2D eigenvalue weighted by atomic mass is 16.4. The molecular weight excluding hydrogens is 220 g/mol. The van der Waals surface area contributed by atoms with E-state index in [4.69, 9.17) is 5.11 Å². The zero-order valence-electron chi connectivity index (χ0n) is 10.7. The molecule has 0 aromatic carbocycles. The van der Waals surface area contributed by atoms with E-state index < -0.39 is 11.9 Å². The third-order valence-corrected chi connectivity index (χ3v) is 3.75. The minimum atomic E-state index is -0.881. The Morgan fingerprint density at radius 3 is 2.29 bits per heavy atom. The van der Waals surface area contributed by atoms with Gasteiger partial charge in [0.25, 0.3) is 0 Å². The maximum atomic E-state index is 12.1. The molecule has 0 bridgehead atoms. The Hall–Kier alpha value is -1.10. The predicted octanol–water partition coefficient (Wildman–Crippen LogP) is 0.602. The lowest BCUT2D eigenvalue weighted by Crippen LogP contribution is -2.50. The Balaban J connectivity index is 2.56. The molecule has 0 saturated carbocycles. The van der Waals surface area contributed by atoms with Crippen LogP contribution in [0.1, 0.15) is 33.6 Å². The molecule has 0 aliphatic carbocycles. The summed E-state index contributed by atoms with van der Waals surface area (Å²) >= 11 is 0. The predicted molar refractivity (Wildman–Crippen MR) is 64.6 cm³/mol. The van der Waals surface area contributed by atoms with E-state index in [1.165, 1.54) is 0 Å². The van der Waals surface area contributed by atoms with Gasteiger partial charge in [0.15, 0.2) is 0 Å². The molecule has 1 aliphatic rings. The van der Waals surface area contributed by atoms with Crippen LogP contribution in [0.4, 0.5) is 0 Å². The molecule has 5 heteroatoms. The van der Waals surface area contributed by atoms with E-state index in [1.807, 2.05) is 6.92 Å². The Labute approximate surface area is 102 Å². The minimum Gasteiger partial charge on any atom is -0.481 e. The Bertz CT molecular complexity index is 298. The lowest BCUT2D eigenvalue weighted by Gasteiger charge is -2.34. The van der Waals surface area contributed by atoms with Gasteiger partial charge in [-0.25, -0.2) is 0 Å². The van der Waals surface area contributed by atoms with E-state index in [9.17, 15) is 9.59 Å². The van der Waals surface area contributed by atoms with E-state index >= 15 is 0 Å². The van der Waals surface area contributed by atoms with Crippen LogP contribution in [0.5, 0.6) is 0 Å². The number of hydrogen-bond acceptors (Lipinski definition) is 3. The Morgan fingerprint density at radius 1 is 1.29 bits per heavy atom. The summed E-state index contributed by atoms with van der Waals surface area (Å²) in [6, 6.07) is -0.341. The first-order valence-electron chi connectivity index (χ1n) is 6.11. The standard InChI is InChI=1S/C12H22N2O3/c1-8(10(15)16)9(2)14-11(17)12(3)4-6-13-7-5-12/h8-9,13H,4-7H2,1-3H3,(H,14,17)(H,15,16). The average Bonchev–Trinajstić information content (AvgIpc) is 2.28. The van der Waals surface area contributed by atoms with Gasteiger partial charge in [0.1, 0.15) is 0 Å². The third kappa shape index (κ3) is 3.43. The quantitative estimate of drug-likeness (QED) is 0.674. The number of carbonyl (C=O) groups excluding carboxylic acids is 1. The van der Waals surface area contributed by atoms with Gasteiger partial charge in [0.05, 0.1) is 5.92 Å². The number of amides is 1. The molecule has 2 unspecified atom stereocenters. The summed E-state index contributed by atoms with van der Waals surface area (Å²) in [6.45, 7) is 6.97. The van der Waals surface area contributed by atoms with Crippen LogP contribution >= 0.6 is 0 Å². The van der Waals surface area contributed by atoms with E-state index in [0.29, 0.717) is 0 Å². The molecule has 0 spiro atoms. The number of aliphatic carboxylic acids is 1. The number of carboxylic acids is 1. The SMILES string of the molecule is CC(NC(=O)C1(C)CCNCC1)C(C)C(=O)O. The van der Waals surface area contributed by atoms with Gasteiger partial charge in [-0.1, -0.05) is 6.92 Å². The first kappa shape index (κ1) is 14.0. The Morgan fingerprint density at radius 2 is 1.82 bits per heavy atom. The molecule has 3 N–H and O–H groups in total. The van der Waals surface area contributed by atoms with Gasteiger partial charge in [-0.3, -0.25) is 9.59 Å². The van der Waals surface area contributed by atoms with Gasteiger partial charge < -0.3 is 15.7 Å². The molecule has 1 saturated heterocycles. The third-order valence-electron chi connectivity index (χ3n) is 3.75. The van der Waals surface area contributed by atoms with Crippen LogP contribution in [0.25, 0.3) is 0 Å². The van der Waals surface area contributed by atoms with Crippen molar-refractivity contribution in [2.45, 2.75) is 39.7 Å². The van der Waals surface area contributed by atoms with E-state index in [-0.39, 0.29) is 17.4 Å². The lowest BCUT2D eigenvalue weighted by molar-refractivity contribution is -0.142. The molecule has 1 fully saturated rings. The number of hydrogen-bond donors (Lipinski definition) is 3. The highest BCUT2D eigenvalue weighted by Crippen LogP contribution is 2.28. The van der Waals surface area contributed by atoms with Crippen molar-refractivity contribution in [2.75, 3.05) is 13.1 Å². The van der Waals surface area contributed by atoms with Crippen molar-refractivity contribution in [1.29, 1.82) is 0 Å². The summed E-state index contributed by atoms with van der Waals surface area (Å²) in [5, 5.41) is 14.9. The van der Waals surface area contributed by atoms with Crippen LogP contribution in [0.3, 0.4) is 0 Å². The summed E-state index contributed by atoms with van der Waals surface area (Å²) in [5.41, 5.74) is -0.363. The maximum absolute atomic E-state index is 12.1. The monoisotopic (exact) mass is 242 g/mol. The van der Waals surface area contributed by atoms with Gasteiger partial charge in [-0.15, -0.1) is 0 Å². The number of nitrogens with one attached hydrogen (secondary N) is 2. The van der Waals surface area contributed by atoms with Crippen molar-refractivity contribution < 1.29 is 14.7 Å². The molecule has 0 aromatic rings. The second-order valence-electron chi connectivity index (χ2n) is 5.20. The highest BCUT2D eigenvalue weighted by Gasteiger charge is 2.36. The number of carbonyl (C=O) groups is 2. The van der Waals surface area contributed by atoms with Gasteiger partial charge in [-0.2, -0.15) is 0 Å². The molecule has 98 valence electrons. The fourth-order valence-corrected chi connectivity index (χ4v) is 1.93. The molecule has 1 rings (SSSR count). The largest absolute Gasteiger partial charge is 0.481 e. The smallest absolute Gasteiger partial charge is 0.308 e. The maximum Gasteiger partial charge on any atom is 0.308 e. The van der Waals surface area contributed by atoms with Crippen molar-refractivity contribution in [3.05, 3.63) is 0 Å². The average molecular weight is 242 g/mol. The first-order valence-corrected chi connectivity index (χ1v) is 6.11. The van der Waals surface area contributed by atoms with Crippen LogP contribution in [-0.4, -0.2) is 36.1 Å². The van der Waals surface area contributed by atoms with E-state index in [1.54, 1.807) is 13.8 Å². The van der Waals surface area contributed by atoms with Crippen LogP contribution < -0.4 is 10.6 Å². The fraction of sp³-hybridized carbons (Fsp3) is 0.833. The molecule has 0 aromatic heterocycles. The van der Waals surface area contributed by atoms with Gasteiger partial charge in [0, 0.05) is 11.5 Å². The van der Waals surface area contributed by atoms with Crippen molar-refractivity contribution in [2.24, 2.45) is 11.3 Å². The number of rotatable bonds is 4. The summed E-state index contributed by atoms with van der Waals surface area (Å²) < 4.78 is 0. The first-order chi connectivity index (χ1) is 7.87. The molecule has 17 heavy (non-hydrogen) atoms. The van der Waals surface area contributed by atoms with Crippen LogP contribution in [-0.2, 0) is 9.59 Å². The summed E-state index contributed by atoms with van der Waals surface area (Å²) in [4.78, 5) is 22.9. The summed E-state index contributed by atoms with van der Waals surface area (Å²) in [5.74, 6) is -1.47.